The van der Waals surface area contributed by atoms with Crippen molar-refractivity contribution < 1.29 is 18.3 Å². The third-order valence-electron chi connectivity index (χ3n) is 4.61. The molecule has 1 atom stereocenters. The van der Waals surface area contributed by atoms with Crippen molar-refractivity contribution in [3.05, 3.63) is 53.1 Å². The fourth-order valence-electron chi connectivity index (χ4n) is 3.76. The standard InChI is InChI=1S/C21H27F3O/c1-19(2,3)13-20(4,5)16-10-11-18(25)17(12-16)14-6-8-15(9-7-14)21(22,23)24/h6,8-12,14,25H,7,13H2,1-5H3. The summed E-state index contributed by atoms with van der Waals surface area (Å²) in [7, 11) is 0. The first-order chi connectivity index (χ1) is 11.3. The van der Waals surface area contributed by atoms with Gasteiger partial charge in [0, 0.05) is 11.5 Å². The number of benzene rings is 1. The van der Waals surface area contributed by atoms with Crippen molar-refractivity contribution in [3.8, 4) is 5.75 Å². The number of allylic oxidation sites excluding steroid dienone is 4. The summed E-state index contributed by atoms with van der Waals surface area (Å²) in [4.78, 5) is 0. The van der Waals surface area contributed by atoms with E-state index in [1.54, 1.807) is 12.1 Å². The van der Waals surface area contributed by atoms with Crippen LogP contribution in [0.4, 0.5) is 13.2 Å². The van der Waals surface area contributed by atoms with Crippen molar-refractivity contribution in [2.24, 2.45) is 5.41 Å². The second-order valence-electron chi connectivity index (χ2n) is 8.75. The highest BCUT2D eigenvalue weighted by Crippen LogP contribution is 2.41. The van der Waals surface area contributed by atoms with Crippen molar-refractivity contribution in [2.45, 2.75) is 65.0 Å². The molecule has 1 aliphatic rings. The van der Waals surface area contributed by atoms with Gasteiger partial charge < -0.3 is 5.11 Å². The minimum absolute atomic E-state index is 0.0912. The maximum atomic E-state index is 12.8. The minimum Gasteiger partial charge on any atom is -0.508 e. The lowest BCUT2D eigenvalue weighted by Gasteiger charge is -2.33. The lowest BCUT2D eigenvalue weighted by Crippen LogP contribution is -2.25. The van der Waals surface area contributed by atoms with Crippen LogP contribution in [0.15, 0.2) is 42.0 Å². The molecule has 4 heteroatoms. The van der Waals surface area contributed by atoms with Crippen LogP contribution in [0.5, 0.6) is 5.75 Å². The molecule has 0 aromatic heterocycles. The van der Waals surface area contributed by atoms with Gasteiger partial charge in [0.15, 0.2) is 0 Å². The minimum atomic E-state index is -4.32. The Hall–Kier alpha value is -1.71. The Morgan fingerprint density at radius 2 is 1.72 bits per heavy atom. The Kier molecular flexibility index (Phi) is 5.13. The van der Waals surface area contributed by atoms with Gasteiger partial charge >= 0.3 is 6.18 Å². The van der Waals surface area contributed by atoms with Crippen LogP contribution in [-0.2, 0) is 5.41 Å². The molecule has 0 bridgehead atoms. The number of phenolic OH excluding ortho intramolecular Hbond substituents is 1. The average Bonchev–Trinajstić information content (AvgIpc) is 2.44. The number of phenols is 1. The number of hydrogen-bond donors (Lipinski definition) is 1. The van der Waals surface area contributed by atoms with Crippen molar-refractivity contribution in [2.75, 3.05) is 0 Å². The zero-order valence-electron chi connectivity index (χ0n) is 15.5. The Bertz CT molecular complexity index is 688. The van der Waals surface area contributed by atoms with Gasteiger partial charge in [0.1, 0.15) is 5.75 Å². The van der Waals surface area contributed by atoms with Crippen LogP contribution in [0, 0.1) is 5.41 Å². The molecule has 0 spiro atoms. The Morgan fingerprint density at radius 1 is 1.08 bits per heavy atom. The predicted molar refractivity (Wildman–Crippen MR) is 95.8 cm³/mol. The molecule has 2 rings (SSSR count). The first-order valence-electron chi connectivity index (χ1n) is 8.58. The van der Waals surface area contributed by atoms with Gasteiger partial charge in [-0.3, -0.25) is 0 Å². The molecule has 0 aliphatic heterocycles. The fraction of sp³-hybridized carbons (Fsp3) is 0.524. The van der Waals surface area contributed by atoms with E-state index in [-0.39, 0.29) is 28.9 Å². The zero-order chi connectivity index (χ0) is 19.0. The van der Waals surface area contributed by atoms with E-state index < -0.39 is 11.7 Å². The third kappa shape index (κ3) is 4.90. The van der Waals surface area contributed by atoms with E-state index in [1.165, 1.54) is 6.08 Å². The summed E-state index contributed by atoms with van der Waals surface area (Å²) >= 11 is 0. The maximum absolute atomic E-state index is 12.8. The lowest BCUT2D eigenvalue weighted by molar-refractivity contribution is -0.0886. The Morgan fingerprint density at radius 3 is 2.20 bits per heavy atom. The lowest BCUT2D eigenvalue weighted by atomic mass is 9.71. The molecule has 1 aliphatic carbocycles. The van der Waals surface area contributed by atoms with E-state index in [1.807, 2.05) is 12.1 Å². The summed E-state index contributed by atoms with van der Waals surface area (Å²) in [6.45, 7) is 10.9. The summed E-state index contributed by atoms with van der Waals surface area (Å²) in [6.07, 6.45) is 0.737. The van der Waals surface area contributed by atoms with E-state index in [0.717, 1.165) is 18.1 Å². The van der Waals surface area contributed by atoms with Crippen molar-refractivity contribution in [1.82, 2.24) is 0 Å². The predicted octanol–water partition coefficient (Wildman–Crippen LogP) is 6.64. The maximum Gasteiger partial charge on any atom is 0.416 e. The monoisotopic (exact) mass is 352 g/mol. The second kappa shape index (κ2) is 6.54. The molecule has 138 valence electrons. The molecule has 0 heterocycles. The average molecular weight is 352 g/mol. The quantitative estimate of drug-likeness (QED) is 0.646. The van der Waals surface area contributed by atoms with Crippen LogP contribution in [0.2, 0.25) is 0 Å². The van der Waals surface area contributed by atoms with E-state index in [0.29, 0.717) is 5.56 Å². The molecule has 0 saturated heterocycles. The number of alkyl halides is 3. The first-order valence-corrected chi connectivity index (χ1v) is 8.58. The van der Waals surface area contributed by atoms with Crippen LogP contribution in [-0.4, -0.2) is 11.3 Å². The molecule has 1 nitrogen and oxygen atoms in total. The van der Waals surface area contributed by atoms with Crippen molar-refractivity contribution in [3.63, 3.8) is 0 Å². The number of halogens is 3. The molecule has 0 fully saturated rings. The van der Waals surface area contributed by atoms with Crippen LogP contribution >= 0.6 is 0 Å². The van der Waals surface area contributed by atoms with E-state index in [9.17, 15) is 18.3 Å². The molecule has 0 amide bonds. The zero-order valence-corrected chi connectivity index (χ0v) is 15.5. The second-order valence-corrected chi connectivity index (χ2v) is 8.75. The van der Waals surface area contributed by atoms with Gasteiger partial charge in [0.25, 0.3) is 0 Å². The molecular weight excluding hydrogens is 325 g/mol. The normalized spacial score (nSPS) is 19.0. The molecule has 1 aromatic carbocycles. The highest BCUT2D eigenvalue weighted by Gasteiger charge is 2.34. The highest BCUT2D eigenvalue weighted by molar-refractivity contribution is 5.45. The van der Waals surface area contributed by atoms with Crippen molar-refractivity contribution >= 4 is 0 Å². The molecule has 0 radical (unpaired) electrons. The van der Waals surface area contributed by atoms with Gasteiger partial charge in [-0.25, -0.2) is 0 Å². The van der Waals surface area contributed by atoms with E-state index in [2.05, 4.69) is 34.6 Å². The number of rotatable bonds is 3. The summed E-state index contributed by atoms with van der Waals surface area (Å²) in [5.41, 5.74) is 1.22. The molecule has 1 N–H and O–H groups in total. The number of aromatic hydroxyl groups is 1. The molecular formula is C21H27F3O. The Balaban J connectivity index is 2.30. The van der Waals surface area contributed by atoms with Gasteiger partial charge in [-0.05, 0) is 35.3 Å². The van der Waals surface area contributed by atoms with Crippen LogP contribution in [0.1, 0.15) is 64.5 Å². The van der Waals surface area contributed by atoms with E-state index in [4.69, 9.17) is 0 Å². The highest BCUT2D eigenvalue weighted by atomic mass is 19.4. The first kappa shape index (κ1) is 19.6. The topological polar surface area (TPSA) is 20.2 Å². The smallest absolute Gasteiger partial charge is 0.416 e. The number of hydrogen-bond acceptors (Lipinski definition) is 1. The summed E-state index contributed by atoms with van der Waals surface area (Å²) < 4.78 is 38.3. The molecule has 0 saturated carbocycles. The van der Waals surface area contributed by atoms with Crippen LogP contribution in [0.3, 0.4) is 0 Å². The SMILES string of the molecule is CC(C)(C)CC(C)(C)c1ccc(O)c(C2C=CC(C(F)(F)F)=CC2)c1. The molecule has 1 unspecified atom stereocenters. The Labute approximate surface area is 148 Å². The van der Waals surface area contributed by atoms with Gasteiger partial charge in [0.05, 0.1) is 5.57 Å². The van der Waals surface area contributed by atoms with Gasteiger partial charge in [0.2, 0.25) is 0 Å². The van der Waals surface area contributed by atoms with Crippen LogP contribution < -0.4 is 0 Å². The van der Waals surface area contributed by atoms with Gasteiger partial charge in [-0.2, -0.15) is 13.2 Å². The van der Waals surface area contributed by atoms with Crippen LogP contribution in [0.25, 0.3) is 0 Å². The summed E-state index contributed by atoms with van der Waals surface area (Å²) in [6, 6.07) is 5.52. The fourth-order valence-corrected chi connectivity index (χ4v) is 3.76. The summed E-state index contributed by atoms with van der Waals surface area (Å²) in [5, 5.41) is 10.2. The third-order valence-corrected chi connectivity index (χ3v) is 4.61. The molecule has 1 aromatic rings. The van der Waals surface area contributed by atoms with Gasteiger partial charge in [-0.15, -0.1) is 0 Å². The summed E-state index contributed by atoms with van der Waals surface area (Å²) in [5.74, 6) is -0.106. The largest absolute Gasteiger partial charge is 0.508 e. The van der Waals surface area contributed by atoms with Gasteiger partial charge in [-0.1, -0.05) is 65.0 Å². The van der Waals surface area contributed by atoms with Crippen molar-refractivity contribution in [1.29, 1.82) is 0 Å². The van der Waals surface area contributed by atoms with E-state index >= 15 is 0 Å². The molecule has 25 heavy (non-hydrogen) atoms.